The van der Waals surface area contributed by atoms with Crippen LogP contribution in [0.4, 0.5) is 0 Å². The van der Waals surface area contributed by atoms with Crippen LogP contribution in [0, 0.1) is 11.3 Å². The van der Waals surface area contributed by atoms with E-state index in [2.05, 4.69) is 0 Å². The van der Waals surface area contributed by atoms with Crippen LogP contribution in [0.25, 0.3) is 0 Å². The van der Waals surface area contributed by atoms with Gasteiger partial charge in [0, 0.05) is 20.2 Å². The van der Waals surface area contributed by atoms with E-state index >= 15 is 0 Å². The average Bonchev–Trinajstić information content (AvgIpc) is 2.01. The molecule has 0 amide bonds. The Hall–Kier alpha value is -0.630. The van der Waals surface area contributed by atoms with Gasteiger partial charge in [-0.2, -0.15) is 5.26 Å². The van der Waals surface area contributed by atoms with E-state index in [-0.39, 0.29) is 6.61 Å². The van der Waals surface area contributed by atoms with Gasteiger partial charge in [0.05, 0.1) is 25.8 Å². The molecule has 4 nitrogen and oxygen atoms in total. The maximum absolute atomic E-state index is 8.57. The zero-order chi connectivity index (χ0) is 8.53. The van der Waals surface area contributed by atoms with Gasteiger partial charge in [0.15, 0.2) is 0 Å². The first-order valence-electron chi connectivity index (χ1n) is 3.54. The highest BCUT2D eigenvalue weighted by Crippen LogP contribution is 1.85. The molecular weight excluding hydrogens is 144 g/mol. The summed E-state index contributed by atoms with van der Waals surface area (Å²) >= 11 is 0. The van der Waals surface area contributed by atoms with Crippen molar-refractivity contribution in [1.29, 1.82) is 5.26 Å². The van der Waals surface area contributed by atoms with Crippen LogP contribution in [-0.2, 0) is 4.74 Å². The first kappa shape index (κ1) is 10.4. The Morgan fingerprint density at radius 1 is 1.55 bits per heavy atom. The number of hydrogen-bond acceptors (Lipinski definition) is 4. The Kier molecular flexibility index (Phi) is 7.05. The van der Waals surface area contributed by atoms with Crippen molar-refractivity contribution in [1.82, 2.24) is 4.90 Å². The summed E-state index contributed by atoms with van der Waals surface area (Å²) in [4.78, 5) is 1.84. The molecule has 0 fully saturated rings. The van der Waals surface area contributed by atoms with E-state index in [9.17, 15) is 0 Å². The van der Waals surface area contributed by atoms with E-state index in [0.717, 1.165) is 0 Å². The molecule has 0 rings (SSSR count). The van der Waals surface area contributed by atoms with Crippen LogP contribution in [0.1, 0.15) is 0 Å². The molecule has 0 saturated heterocycles. The summed E-state index contributed by atoms with van der Waals surface area (Å²) in [5, 5.41) is 16.9. The highest BCUT2D eigenvalue weighted by atomic mass is 16.5. The number of nitrogens with zero attached hydrogens (tertiary/aromatic N) is 2. The fourth-order valence-electron chi connectivity index (χ4n) is 0.732. The molecule has 0 aliphatic carbocycles. The second kappa shape index (κ2) is 7.48. The molecular formula is C7H14N2O2. The van der Waals surface area contributed by atoms with Crippen LogP contribution in [0.15, 0.2) is 0 Å². The molecule has 0 aromatic heterocycles. The van der Waals surface area contributed by atoms with Gasteiger partial charge in [0.2, 0.25) is 0 Å². The Labute approximate surface area is 67.0 Å². The minimum Gasteiger partial charge on any atom is -0.395 e. The third-order valence-corrected chi connectivity index (χ3v) is 1.32. The van der Waals surface area contributed by atoms with Crippen LogP contribution in [0.2, 0.25) is 0 Å². The lowest BCUT2D eigenvalue weighted by atomic mass is 10.5. The van der Waals surface area contributed by atoms with Crippen molar-refractivity contribution < 1.29 is 9.84 Å². The second-order valence-electron chi connectivity index (χ2n) is 2.15. The molecule has 11 heavy (non-hydrogen) atoms. The lowest BCUT2D eigenvalue weighted by molar-refractivity contribution is 0.139. The number of aliphatic hydroxyl groups excluding tert-OH is 1. The van der Waals surface area contributed by atoms with E-state index in [1.807, 2.05) is 11.0 Å². The fraction of sp³-hybridized carbons (Fsp3) is 0.857. The molecule has 0 bridgehead atoms. The van der Waals surface area contributed by atoms with Crippen molar-refractivity contribution in [3.63, 3.8) is 0 Å². The third-order valence-electron chi connectivity index (χ3n) is 1.32. The maximum Gasteiger partial charge on any atom is 0.0867 e. The lowest BCUT2D eigenvalue weighted by Gasteiger charge is -2.16. The van der Waals surface area contributed by atoms with Gasteiger partial charge >= 0.3 is 0 Å². The van der Waals surface area contributed by atoms with Gasteiger partial charge in [-0.15, -0.1) is 0 Å². The summed E-state index contributed by atoms with van der Waals surface area (Å²) in [6, 6.07) is 2.02. The molecule has 0 saturated carbocycles. The summed E-state index contributed by atoms with van der Waals surface area (Å²) in [5.74, 6) is 0. The number of aliphatic hydroxyl groups is 1. The summed E-state index contributed by atoms with van der Waals surface area (Å²) in [6.07, 6.45) is 0. The molecule has 0 radical (unpaired) electrons. The van der Waals surface area contributed by atoms with Gasteiger partial charge in [0.25, 0.3) is 0 Å². The fourth-order valence-corrected chi connectivity index (χ4v) is 0.732. The number of methoxy groups -OCH3 is 1. The molecule has 0 aliphatic heterocycles. The van der Waals surface area contributed by atoms with E-state index in [0.29, 0.717) is 26.2 Å². The Morgan fingerprint density at radius 3 is 2.73 bits per heavy atom. The Morgan fingerprint density at radius 2 is 2.27 bits per heavy atom. The lowest BCUT2D eigenvalue weighted by Crippen LogP contribution is -2.30. The van der Waals surface area contributed by atoms with Crippen LogP contribution >= 0.6 is 0 Å². The first-order valence-corrected chi connectivity index (χ1v) is 3.54. The first-order chi connectivity index (χ1) is 5.35. The normalized spacial score (nSPS) is 10.0. The third kappa shape index (κ3) is 5.80. The molecule has 0 aromatic rings. The van der Waals surface area contributed by atoms with Gasteiger partial charge in [-0.05, 0) is 0 Å². The molecule has 4 heteroatoms. The van der Waals surface area contributed by atoms with Gasteiger partial charge in [-0.1, -0.05) is 0 Å². The molecule has 0 unspecified atom stereocenters. The van der Waals surface area contributed by atoms with Gasteiger partial charge in [0.1, 0.15) is 0 Å². The second-order valence-corrected chi connectivity index (χ2v) is 2.15. The summed E-state index contributed by atoms with van der Waals surface area (Å²) in [5.41, 5.74) is 0. The summed E-state index contributed by atoms with van der Waals surface area (Å²) in [7, 11) is 1.61. The molecule has 0 aliphatic rings. The predicted molar refractivity (Wildman–Crippen MR) is 41.0 cm³/mol. The highest BCUT2D eigenvalue weighted by molar-refractivity contribution is 4.75. The number of ether oxygens (including phenoxy) is 1. The number of hydrogen-bond donors (Lipinski definition) is 1. The molecule has 0 atom stereocenters. The van der Waals surface area contributed by atoms with Crippen molar-refractivity contribution >= 4 is 0 Å². The number of rotatable bonds is 6. The summed E-state index contributed by atoms with van der Waals surface area (Å²) < 4.78 is 4.83. The maximum atomic E-state index is 8.57. The summed E-state index contributed by atoms with van der Waals surface area (Å²) in [6.45, 7) is 2.28. The van der Waals surface area contributed by atoms with Crippen LogP contribution in [0.3, 0.4) is 0 Å². The largest absolute Gasteiger partial charge is 0.395 e. The van der Waals surface area contributed by atoms with Crippen LogP contribution < -0.4 is 0 Å². The van der Waals surface area contributed by atoms with Crippen molar-refractivity contribution in [2.45, 2.75) is 0 Å². The SMILES string of the molecule is COCCN(CC#N)CCO. The average molecular weight is 158 g/mol. The van der Waals surface area contributed by atoms with Crippen molar-refractivity contribution in [2.75, 3.05) is 40.0 Å². The van der Waals surface area contributed by atoms with Gasteiger partial charge in [-0.3, -0.25) is 4.90 Å². The van der Waals surface area contributed by atoms with Crippen molar-refractivity contribution in [2.24, 2.45) is 0 Å². The highest BCUT2D eigenvalue weighted by Gasteiger charge is 2.01. The number of nitriles is 1. The quantitative estimate of drug-likeness (QED) is 0.527. The van der Waals surface area contributed by atoms with Gasteiger partial charge < -0.3 is 9.84 Å². The molecule has 0 spiro atoms. The van der Waals surface area contributed by atoms with Crippen molar-refractivity contribution in [3.05, 3.63) is 0 Å². The molecule has 0 heterocycles. The van der Waals surface area contributed by atoms with Crippen molar-refractivity contribution in [3.8, 4) is 6.07 Å². The van der Waals surface area contributed by atoms with Crippen LogP contribution in [-0.4, -0.2) is 50.0 Å². The monoisotopic (exact) mass is 158 g/mol. The standard InChI is InChI=1S/C7H14N2O2/c1-11-7-5-9(3-2-8)4-6-10/h10H,3-7H2,1H3. The minimum atomic E-state index is 0.0887. The Bertz CT molecular complexity index is 122. The van der Waals surface area contributed by atoms with E-state index in [4.69, 9.17) is 15.1 Å². The van der Waals surface area contributed by atoms with E-state index < -0.39 is 0 Å². The predicted octanol–water partition coefficient (Wildman–Crippen LogP) is -0.549. The topological polar surface area (TPSA) is 56.5 Å². The smallest absolute Gasteiger partial charge is 0.0867 e. The Balaban J connectivity index is 3.44. The molecule has 0 aromatic carbocycles. The van der Waals surface area contributed by atoms with E-state index in [1.165, 1.54) is 0 Å². The van der Waals surface area contributed by atoms with Crippen LogP contribution in [0.5, 0.6) is 0 Å². The van der Waals surface area contributed by atoms with Gasteiger partial charge in [-0.25, -0.2) is 0 Å². The van der Waals surface area contributed by atoms with E-state index in [1.54, 1.807) is 7.11 Å². The molecule has 1 N–H and O–H groups in total. The zero-order valence-corrected chi connectivity index (χ0v) is 6.79. The zero-order valence-electron chi connectivity index (χ0n) is 6.79. The molecule has 64 valence electrons. The minimum absolute atomic E-state index is 0.0887.